The van der Waals surface area contributed by atoms with Gasteiger partial charge >= 0.3 is 0 Å². The van der Waals surface area contributed by atoms with E-state index in [0.29, 0.717) is 6.54 Å². The van der Waals surface area contributed by atoms with E-state index >= 15 is 0 Å². The molecular formula is C15H19N3. The third kappa shape index (κ3) is 1.99. The number of aryl methyl sites for hydroxylation is 2. The molecule has 0 amide bonds. The quantitative estimate of drug-likeness (QED) is 0.767. The van der Waals surface area contributed by atoms with Crippen molar-refractivity contribution in [2.75, 3.05) is 0 Å². The zero-order chi connectivity index (χ0) is 13.5. The van der Waals surface area contributed by atoms with Crippen molar-refractivity contribution in [2.45, 2.75) is 46.6 Å². The molecule has 0 bridgehead atoms. The predicted octanol–water partition coefficient (Wildman–Crippen LogP) is 3.47. The molecule has 3 nitrogen and oxygen atoms in total. The lowest BCUT2D eigenvalue weighted by molar-refractivity contribution is 0.519. The minimum atomic E-state index is -0.0579. The summed E-state index contributed by atoms with van der Waals surface area (Å²) in [6.45, 7) is 10.9. The summed E-state index contributed by atoms with van der Waals surface area (Å²) in [5, 5.41) is 9.01. The lowest BCUT2D eigenvalue weighted by Crippen LogP contribution is -2.18. The zero-order valence-electron chi connectivity index (χ0n) is 11.7. The molecule has 1 heterocycles. The van der Waals surface area contributed by atoms with Crippen LogP contribution in [0.5, 0.6) is 0 Å². The minimum Gasteiger partial charge on any atom is -0.313 e. The largest absolute Gasteiger partial charge is 0.313 e. The average molecular weight is 241 g/mol. The SMILES string of the molecule is Cc1cc2nc(C(C)(C)C)n(CC#N)c2cc1C. The number of benzene rings is 1. The second kappa shape index (κ2) is 4.13. The monoisotopic (exact) mass is 241 g/mol. The van der Waals surface area contributed by atoms with E-state index in [0.717, 1.165) is 16.9 Å². The Balaban J connectivity index is 2.80. The van der Waals surface area contributed by atoms with Crippen LogP contribution in [0.15, 0.2) is 12.1 Å². The van der Waals surface area contributed by atoms with Crippen molar-refractivity contribution in [2.24, 2.45) is 0 Å². The average Bonchev–Trinajstić information content (AvgIpc) is 2.58. The number of hydrogen-bond acceptors (Lipinski definition) is 2. The summed E-state index contributed by atoms with van der Waals surface area (Å²) in [5.74, 6) is 0.976. The van der Waals surface area contributed by atoms with Gasteiger partial charge in [0.15, 0.2) is 0 Å². The molecule has 0 saturated heterocycles. The number of aromatic nitrogens is 2. The molecule has 0 atom stereocenters. The van der Waals surface area contributed by atoms with Gasteiger partial charge in [0, 0.05) is 5.41 Å². The van der Waals surface area contributed by atoms with Gasteiger partial charge in [0.25, 0.3) is 0 Å². The van der Waals surface area contributed by atoms with Crippen LogP contribution >= 0.6 is 0 Å². The van der Waals surface area contributed by atoms with E-state index in [4.69, 9.17) is 10.2 Å². The van der Waals surface area contributed by atoms with Gasteiger partial charge in [-0.2, -0.15) is 5.26 Å². The molecule has 0 aliphatic heterocycles. The van der Waals surface area contributed by atoms with Crippen molar-refractivity contribution in [1.29, 1.82) is 5.26 Å². The van der Waals surface area contributed by atoms with Gasteiger partial charge in [-0.05, 0) is 37.1 Å². The van der Waals surface area contributed by atoms with Gasteiger partial charge in [-0.3, -0.25) is 0 Å². The van der Waals surface area contributed by atoms with Crippen LogP contribution in [0.1, 0.15) is 37.7 Å². The van der Waals surface area contributed by atoms with Gasteiger partial charge in [-0.1, -0.05) is 20.8 Å². The van der Waals surface area contributed by atoms with Crippen LogP contribution in [0.4, 0.5) is 0 Å². The Morgan fingerprint density at radius 3 is 2.39 bits per heavy atom. The second-order valence-corrected chi connectivity index (χ2v) is 5.85. The summed E-state index contributed by atoms with van der Waals surface area (Å²) in [6, 6.07) is 6.47. The molecule has 0 N–H and O–H groups in total. The first-order chi connectivity index (χ1) is 8.34. The smallest absolute Gasteiger partial charge is 0.116 e. The highest BCUT2D eigenvalue weighted by molar-refractivity contribution is 5.78. The van der Waals surface area contributed by atoms with Gasteiger partial charge in [-0.25, -0.2) is 4.98 Å². The van der Waals surface area contributed by atoms with Gasteiger partial charge in [0.1, 0.15) is 12.4 Å². The molecule has 18 heavy (non-hydrogen) atoms. The Labute approximate surface area is 108 Å². The predicted molar refractivity (Wildman–Crippen MR) is 73.5 cm³/mol. The maximum Gasteiger partial charge on any atom is 0.116 e. The highest BCUT2D eigenvalue weighted by Gasteiger charge is 2.22. The molecule has 0 aliphatic carbocycles. The van der Waals surface area contributed by atoms with Crippen molar-refractivity contribution < 1.29 is 0 Å². The molecule has 3 heteroatoms. The third-order valence-electron chi connectivity index (χ3n) is 3.26. The van der Waals surface area contributed by atoms with E-state index in [9.17, 15) is 0 Å². The number of imidazole rings is 1. The summed E-state index contributed by atoms with van der Waals surface area (Å²) in [7, 11) is 0. The Hall–Kier alpha value is -1.82. The summed E-state index contributed by atoms with van der Waals surface area (Å²) >= 11 is 0. The van der Waals surface area contributed by atoms with Crippen LogP contribution in [-0.2, 0) is 12.0 Å². The first-order valence-corrected chi connectivity index (χ1v) is 6.19. The van der Waals surface area contributed by atoms with Gasteiger partial charge in [0.2, 0.25) is 0 Å². The summed E-state index contributed by atoms with van der Waals surface area (Å²) in [4.78, 5) is 4.72. The van der Waals surface area contributed by atoms with Crippen molar-refractivity contribution >= 4 is 11.0 Å². The number of fused-ring (bicyclic) bond motifs is 1. The highest BCUT2D eigenvalue weighted by atomic mass is 15.1. The first kappa shape index (κ1) is 12.6. The molecule has 2 aromatic rings. The summed E-state index contributed by atoms with van der Waals surface area (Å²) in [5.41, 5.74) is 4.46. The molecule has 94 valence electrons. The number of hydrogen-bond donors (Lipinski definition) is 0. The molecule has 1 aromatic carbocycles. The normalized spacial score (nSPS) is 11.8. The minimum absolute atomic E-state index is 0.0579. The van der Waals surface area contributed by atoms with Crippen molar-refractivity contribution in [3.63, 3.8) is 0 Å². The van der Waals surface area contributed by atoms with E-state index in [1.165, 1.54) is 11.1 Å². The topological polar surface area (TPSA) is 41.6 Å². The fraction of sp³-hybridized carbons (Fsp3) is 0.467. The standard InChI is InChI=1S/C15H19N3/c1-10-8-12-13(9-11(10)2)18(7-6-16)14(17-12)15(3,4)5/h8-9H,7H2,1-5H3. The maximum absolute atomic E-state index is 9.01. The first-order valence-electron chi connectivity index (χ1n) is 6.19. The number of rotatable bonds is 1. The fourth-order valence-electron chi connectivity index (χ4n) is 2.18. The van der Waals surface area contributed by atoms with E-state index in [-0.39, 0.29) is 5.41 Å². The van der Waals surface area contributed by atoms with Crippen LogP contribution in [0.3, 0.4) is 0 Å². The van der Waals surface area contributed by atoms with Gasteiger partial charge in [-0.15, -0.1) is 0 Å². The van der Waals surface area contributed by atoms with Crippen LogP contribution in [0.2, 0.25) is 0 Å². The Morgan fingerprint density at radius 1 is 1.22 bits per heavy atom. The zero-order valence-corrected chi connectivity index (χ0v) is 11.7. The van der Waals surface area contributed by atoms with Crippen molar-refractivity contribution in [1.82, 2.24) is 9.55 Å². The molecule has 0 spiro atoms. The van der Waals surface area contributed by atoms with Crippen LogP contribution in [0.25, 0.3) is 11.0 Å². The van der Waals surface area contributed by atoms with Crippen molar-refractivity contribution in [3.05, 3.63) is 29.1 Å². The maximum atomic E-state index is 9.01. The van der Waals surface area contributed by atoms with Gasteiger partial charge in [0.05, 0.1) is 17.1 Å². The fourth-order valence-corrected chi connectivity index (χ4v) is 2.18. The molecule has 0 aliphatic rings. The van der Waals surface area contributed by atoms with Crippen LogP contribution in [-0.4, -0.2) is 9.55 Å². The lowest BCUT2D eigenvalue weighted by Gasteiger charge is -2.18. The van der Waals surface area contributed by atoms with Gasteiger partial charge < -0.3 is 4.57 Å². The number of nitriles is 1. The van der Waals surface area contributed by atoms with Crippen LogP contribution in [0, 0.1) is 25.2 Å². The Bertz CT molecular complexity index is 636. The molecule has 0 saturated carbocycles. The Kier molecular flexibility index (Phi) is 2.90. The van der Waals surface area contributed by atoms with E-state index in [2.05, 4.69) is 52.8 Å². The summed E-state index contributed by atoms with van der Waals surface area (Å²) in [6.07, 6.45) is 0. The second-order valence-electron chi connectivity index (χ2n) is 5.85. The number of nitrogens with zero attached hydrogens (tertiary/aromatic N) is 3. The van der Waals surface area contributed by atoms with E-state index in [1.54, 1.807) is 0 Å². The third-order valence-corrected chi connectivity index (χ3v) is 3.26. The molecule has 0 unspecified atom stereocenters. The molecule has 1 aromatic heterocycles. The van der Waals surface area contributed by atoms with Crippen LogP contribution < -0.4 is 0 Å². The molecule has 2 rings (SSSR count). The lowest BCUT2D eigenvalue weighted by atomic mass is 9.96. The van der Waals surface area contributed by atoms with Crippen molar-refractivity contribution in [3.8, 4) is 6.07 Å². The van der Waals surface area contributed by atoms with E-state index in [1.807, 2.05) is 4.57 Å². The van der Waals surface area contributed by atoms with E-state index < -0.39 is 0 Å². The molecular weight excluding hydrogens is 222 g/mol. The summed E-state index contributed by atoms with van der Waals surface area (Å²) < 4.78 is 2.03. The molecule has 0 fully saturated rings. The Morgan fingerprint density at radius 2 is 1.83 bits per heavy atom. The molecule has 0 radical (unpaired) electrons. The highest BCUT2D eigenvalue weighted by Crippen LogP contribution is 2.27.